The first-order valence-electron chi connectivity index (χ1n) is 8.49. The number of hydrogen-bond donors (Lipinski definition) is 1. The Bertz CT molecular complexity index is 1040. The van der Waals surface area contributed by atoms with E-state index in [0.29, 0.717) is 21.2 Å². The number of amides is 1. The number of hydrogen-bond acceptors (Lipinski definition) is 4. The van der Waals surface area contributed by atoms with Gasteiger partial charge in [0, 0.05) is 43.2 Å². The maximum atomic E-state index is 13.2. The molecule has 1 aliphatic carbocycles. The zero-order valence-corrected chi connectivity index (χ0v) is 17.9. The number of benzene rings is 2. The van der Waals surface area contributed by atoms with Gasteiger partial charge in [0.25, 0.3) is 5.91 Å². The molecule has 28 heavy (non-hydrogen) atoms. The minimum atomic E-state index is -3.99. The van der Waals surface area contributed by atoms with Gasteiger partial charge in [0.2, 0.25) is 10.0 Å². The van der Waals surface area contributed by atoms with Crippen LogP contribution in [0.2, 0.25) is 10.0 Å². The number of likely N-dealkylation sites (N-methyl/N-ethyl adjacent to an activating group) is 1. The van der Waals surface area contributed by atoms with Gasteiger partial charge in [-0.1, -0.05) is 29.3 Å². The predicted molar refractivity (Wildman–Crippen MR) is 108 cm³/mol. The highest BCUT2D eigenvalue weighted by Crippen LogP contribution is 2.42. The number of halogens is 2. The third-order valence-corrected chi connectivity index (χ3v) is 7.24. The summed E-state index contributed by atoms with van der Waals surface area (Å²) >= 11 is 12.3. The van der Waals surface area contributed by atoms with Crippen LogP contribution < -0.4 is 0 Å². The Morgan fingerprint density at radius 1 is 1.14 bits per heavy atom. The Kier molecular flexibility index (Phi) is 5.76. The van der Waals surface area contributed by atoms with E-state index in [1.54, 1.807) is 32.3 Å². The second-order valence-electron chi connectivity index (χ2n) is 6.92. The molecule has 2 unspecified atom stereocenters. The molecule has 6 nitrogen and oxygen atoms in total. The van der Waals surface area contributed by atoms with Crippen LogP contribution in [0.25, 0.3) is 0 Å². The van der Waals surface area contributed by atoms with Gasteiger partial charge in [0.05, 0.1) is 17.0 Å². The molecule has 150 valence electrons. The molecule has 1 N–H and O–H groups in total. The number of carbonyl (C=O) groups is 1. The molecule has 2 aromatic carbocycles. The second-order valence-corrected chi connectivity index (χ2v) is 9.76. The van der Waals surface area contributed by atoms with Gasteiger partial charge in [-0.25, -0.2) is 8.42 Å². The molecule has 0 radical (unpaired) electrons. The first kappa shape index (κ1) is 21.1. The van der Waals surface area contributed by atoms with Gasteiger partial charge < -0.3 is 10.0 Å². The lowest BCUT2D eigenvalue weighted by molar-refractivity contribution is 0.0827. The van der Waals surface area contributed by atoms with Crippen molar-refractivity contribution >= 4 is 39.1 Å². The van der Waals surface area contributed by atoms with Crippen LogP contribution in [0.3, 0.4) is 0 Å². The maximum Gasteiger partial charge on any atom is 0.253 e. The molecule has 0 heterocycles. The summed E-state index contributed by atoms with van der Waals surface area (Å²) in [5.74, 6) is -0.301. The molecule has 2 aromatic rings. The Morgan fingerprint density at radius 2 is 1.82 bits per heavy atom. The zero-order valence-electron chi connectivity index (χ0n) is 15.6. The first-order valence-corrected chi connectivity index (χ1v) is 10.7. The number of aliphatic hydroxyl groups excluding tert-OH is 1. The summed E-state index contributed by atoms with van der Waals surface area (Å²) in [5, 5.41) is 11.3. The van der Waals surface area contributed by atoms with Crippen LogP contribution in [-0.2, 0) is 16.4 Å². The molecule has 2 atom stereocenters. The van der Waals surface area contributed by atoms with E-state index in [4.69, 9.17) is 23.2 Å². The summed E-state index contributed by atoms with van der Waals surface area (Å²) in [4.78, 5) is 13.5. The van der Waals surface area contributed by atoms with Gasteiger partial charge in [-0.2, -0.15) is 4.31 Å². The van der Waals surface area contributed by atoms with Crippen molar-refractivity contribution < 1.29 is 18.3 Å². The van der Waals surface area contributed by atoms with Gasteiger partial charge in [0.15, 0.2) is 0 Å². The van der Waals surface area contributed by atoms with Crippen molar-refractivity contribution in [1.29, 1.82) is 0 Å². The van der Waals surface area contributed by atoms with Crippen molar-refractivity contribution in [3.63, 3.8) is 0 Å². The molecule has 0 saturated carbocycles. The first-order chi connectivity index (χ1) is 13.0. The van der Waals surface area contributed by atoms with E-state index < -0.39 is 22.2 Å². The fourth-order valence-electron chi connectivity index (χ4n) is 3.43. The average Bonchev–Trinajstić information content (AvgIpc) is 2.96. The summed E-state index contributed by atoms with van der Waals surface area (Å²) in [7, 11) is 0.592. The molecule has 3 rings (SSSR count). The van der Waals surface area contributed by atoms with E-state index in [1.165, 1.54) is 30.1 Å². The summed E-state index contributed by atoms with van der Waals surface area (Å²) in [6, 6.07) is 8.20. The standard InChI is InChI=1S/C19H20Cl2N2O4S/c1-22(2)19(25)11-5-4-6-13(7-11)28(26,27)23(3)18-15-8-12(20)9-16(21)14(15)10-17(18)24/h4-9,17-18,24H,10H2,1-3H3. The minimum Gasteiger partial charge on any atom is -0.391 e. The van der Waals surface area contributed by atoms with Gasteiger partial charge >= 0.3 is 0 Å². The normalized spacial score (nSPS) is 19.0. The van der Waals surface area contributed by atoms with Crippen molar-refractivity contribution in [2.24, 2.45) is 0 Å². The van der Waals surface area contributed by atoms with Crippen LogP contribution >= 0.6 is 23.2 Å². The number of sulfonamides is 1. The van der Waals surface area contributed by atoms with Crippen LogP contribution in [0.5, 0.6) is 0 Å². The summed E-state index contributed by atoms with van der Waals surface area (Å²) < 4.78 is 27.5. The van der Waals surface area contributed by atoms with Crippen molar-refractivity contribution in [3.8, 4) is 0 Å². The van der Waals surface area contributed by atoms with Gasteiger partial charge in [0.1, 0.15) is 0 Å². The fraction of sp³-hybridized carbons (Fsp3) is 0.316. The third-order valence-electron chi connectivity index (χ3n) is 4.85. The molecular weight excluding hydrogens is 423 g/mol. The van der Waals surface area contributed by atoms with Gasteiger partial charge in [-0.15, -0.1) is 0 Å². The predicted octanol–water partition coefficient (Wildman–Crippen LogP) is 2.97. The van der Waals surface area contributed by atoms with E-state index in [0.717, 1.165) is 4.31 Å². The van der Waals surface area contributed by atoms with Crippen LogP contribution in [0, 0.1) is 0 Å². The van der Waals surface area contributed by atoms with Crippen molar-refractivity contribution in [2.75, 3.05) is 21.1 Å². The Hall–Kier alpha value is -1.64. The SMILES string of the molecule is CN(C)C(=O)c1cccc(S(=O)(=O)N(C)C2c3cc(Cl)cc(Cl)c3CC2O)c1. The molecule has 0 aliphatic heterocycles. The van der Waals surface area contributed by atoms with Crippen molar-refractivity contribution in [2.45, 2.75) is 23.5 Å². The second kappa shape index (κ2) is 7.65. The minimum absolute atomic E-state index is 0.0310. The highest BCUT2D eigenvalue weighted by Gasteiger charge is 2.40. The number of aliphatic hydroxyl groups is 1. The topological polar surface area (TPSA) is 77.9 Å². The van der Waals surface area contributed by atoms with E-state index >= 15 is 0 Å². The maximum absolute atomic E-state index is 13.2. The number of nitrogens with zero attached hydrogens (tertiary/aromatic N) is 2. The lowest BCUT2D eigenvalue weighted by Crippen LogP contribution is -2.36. The highest BCUT2D eigenvalue weighted by atomic mass is 35.5. The molecule has 9 heteroatoms. The van der Waals surface area contributed by atoms with Crippen LogP contribution in [0.4, 0.5) is 0 Å². The molecular formula is C19H20Cl2N2O4S. The Labute approximate surface area is 174 Å². The lowest BCUT2D eigenvalue weighted by atomic mass is 10.1. The average molecular weight is 443 g/mol. The van der Waals surface area contributed by atoms with E-state index in [2.05, 4.69) is 0 Å². The highest BCUT2D eigenvalue weighted by molar-refractivity contribution is 7.89. The quantitative estimate of drug-likeness (QED) is 0.789. The van der Waals surface area contributed by atoms with Crippen molar-refractivity contribution in [1.82, 2.24) is 9.21 Å². The van der Waals surface area contributed by atoms with E-state index in [9.17, 15) is 18.3 Å². The zero-order chi connectivity index (χ0) is 20.8. The van der Waals surface area contributed by atoms with Crippen LogP contribution in [0.1, 0.15) is 27.5 Å². The molecule has 0 fully saturated rings. The number of fused-ring (bicyclic) bond motifs is 1. The van der Waals surface area contributed by atoms with Crippen LogP contribution in [0.15, 0.2) is 41.3 Å². The Morgan fingerprint density at radius 3 is 2.46 bits per heavy atom. The summed E-state index contributed by atoms with van der Waals surface area (Å²) in [6.45, 7) is 0. The lowest BCUT2D eigenvalue weighted by Gasteiger charge is -2.27. The van der Waals surface area contributed by atoms with Crippen LogP contribution in [-0.4, -0.2) is 55.9 Å². The van der Waals surface area contributed by atoms with Gasteiger partial charge in [-0.05, 0) is 41.5 Å². The van der Waals surface area contributed by atoms with Crippen molar-refractivity contribution in [3.05, 3.63) is 63.1 Å². The number of rotatable bonds is 4. The molecule has 0 bridgehead atoms. The third kappa shape index (κ3) is 3.65. The molecule has 0 spiro atoms. The monoisotopic (exact) mass is 442 g/mol. The van der Waals surface area contributed by atoms with E-state index in [1.807, 2.05) is 0 Å². The van der Waals surface area contributed by atoms with Gasteiger partial charge in [-0.3, -0.25) is 4.79 Å². The Balaban J connectivity index is 2.03. The van der Waals surface area contributed by atoms with E-state index in [-0.39, 0.29) is 22.8 Å². The molecule has 1 aliphatic rings. The molecule has 1 amide bonds. The molecule has 0 saturated heterocycles. The fourth-order valence-corrected chi connectivity index (χ4v) is 5.43. The number of carbonyl (C=O) groups excluding carboxylic acids is 1. The largest absolute Gasteiger partial charge is 0.391 e. The molecule has 0 aromatic heterocycles. The summed E-state index contributed by atoms with van der Waals surface area (Å²) in [6.07, 6.45) is -0.730. The smallest absolute Gasteiger partial charge is 0.253 e. The summed E-state index contributed by atoms with van der Waals surface area (Å²) in [5.41, 5.74) is 1.52.